The number of ether oxygens (including phenoxy) is 2. The van der Waals surface area contributed by atoms with Gasteiger partial charge in [0.05, 0.1) is 11.9 Å². The second kappa shape index (κ2) is 6.99. The van der Waals surface area contributed by atoms with Crippen LogP contribution < -0.4 is 20.3 Å². The Morgan fingerprint density at radius 1 is 1.13 bits per heavy atom. The summed E-state index contributed by atoms with van der Waals surface area (Å²) < 4.78 is 26.3. The molecule has 3 heterocycles. The number of nitrogens with one attached hydrogen (secondary N) is 1. The average molecular weight is 407 g/mol. The molecule has 2 aromatic carbocycles. The first-order chi connectivity index (χ1) is 14.6. The van der Waals surface area contributed by atoms with Crippen LogP contribution in [0.2, 0.25) is 0 Å². The maximum absolute atomic E-state index is 13.2. The van der Waals surface area contributed by atoms with Gasteiger partial charge in [-0.05, 0) is 36.4 Å². The van der Waals surface area contributed by atoms with Crippen molar-refractivity contribution in [3.8, 4) is 17.2 Å². The van der Waals surface area contributed by atoms with Gasteiger partial charge in [0.15, 0.2) is 17.1 Å². The van der Waals surface area contributed by atoms with Gasteiger partial charge in [-0.25, -0.2) is 14.1 Å². The van der Waals surface area contributed by atoms with Crippen LogP contribution >= 0.6 is 0 Å². The van der Waals surface area contributed by atoms with Gasteiger partial charge in [-0.15, -0.1) is 0 Å². The summed E-state index contributed by atoms with van der Waals surface area (Å²) in [6, 6.07) is 10.7. The lowest BCUT2D eigenvalue weighted by Gasteiger charge is -2.08. The van der Waals surface area contributed by atoms with Gasteiger partial charge in [0.25, 0.3) is 5.56 Å². The molecule has 150 valence electrons. The lowest BCUT2D eigenvalue weighted by molar-refractivity contribution is -0.116. The molecular formula is C20H14FN5O4. The summed E-state index contributed by atoms with van der Waals surface area (Å²) in [4.78, 5) is 29.4. The molecule has 4 aromatic rings. The fourth-order valence-corrected chi connectivity index (χ4v) is 3.16. The Kier molecular flexibility index (Phi) is 4.16. The third-order valence-corrected chi connectivity index (χ3v) is 4.60. The van der Waals surface area contributed by atoms with E-state index in [0.29, 0.717) is 28.5 Å². The Morgan fingerprint density at radius 2 is 1.93 bits per heavy atom. The van der Waals surface area contributed by atoms with Crippen molar-refractivity contribution in [1.82, 2.24) is 19.3 Å². The van der Waals surface area contributed by atoms with E-state index in [0.717, 1.165) is 0 Å². The fraction of sp³-hybridized carbons (Fsp3) is 0.100. The number of aromatic nitrogens is 4. The molecule has 1 amide bonds. The Balaban J connectivity index is 1.38. The van der Waals surface area contributed by atoms with Crippen molar-refractivity contribution in [1.29, 1.82) is 0 Å². The molecule has 0 radical (unpaired) electrons. The summed E-state index contributed by atoms with van der Waals surface area (Å²) in [5, 5.41) is 7.13. The molecule has 1 aliphatic heterocycles. The average Bonchev–Trinajstić information content (AvgIpc) is 3.37. The topological polar surface area (TPSA) is 100 Å². The maximum atomic E-state index is 13.2. The van der Waals surface area contributed by atoms with Crippen LogP contribution in [0.4, 0.5) is 10.1 Å². The molecule has 0 aliphatic carbocycles. The molecule has 0 bridgehead atoms. The first-order valence-corrected chi connectivity index (χ1v) is 8.97. The van der Waals surface area contributed by atoms with Gasteiger partial charge < -0.3 is 14.8 Å². The van der Waals surface area contributed by atoms with E-state index in [9.17, 15) is 14.0 Å². The second-order valence-electron chi connectivity index (χ2n) is 6.56. The molecule has 1 aliphatic rings. The molecule has 0 saturated heterocycles. The van der Waals surface area contributed by atoms with Crippen molar-refractivity contribution in [3.63, 3.8) is 0 Å². The zero-order valence-corrected chi connectivity index (χ0v) is 15.4. The highest BCUT2D eigenvalue weighted by Gasteiger charge is 2.16. The van der Waals surface area contributed by atoms with Gasteiger partial charge in [-0.1, -0.05) is 0 Å². The lowest BCUT2D eigenvalue weighted by Crippen LogP contribution is -2.27. The van der Waals surface area contributed by atoms with Crippen LogP contribution in [0.15, 0.2) is 59.8 Å². The highest BCUT2D eigenvalue weighted by molar-refractivity contribution is 5.91. The molecule has 30 heavy (non-hydrogen) atoms. The number of carbonyl (C=O) groups excluding carboxylic acids is 1. The zero-order chi connectivity index (χ0) is 20.7. The van der Waals surface area contributed by atoms with E-state index in [1.807, 2.05) is 0 Å². The van der Waals surface area contributed by atoms with Crippen molar-refractivity contribution >= 4 is 22.6 Å². The molecule has 1 N–H and O–H groups in total. The van der Waals surface area contributed by atoms with Crippen LogP contribution in [0.3, 0.4) is 0 Å². The third-order valence-electron chi connectivity index (χ3n) is 4.60. The number of fused-ring (bicyclic) bond motifs is 2. The fourth-order valence-electron chi connectivity index (χ4n) is 3.16. The molecule has 2 aromatic heterocycles. The second-order valence-corrected chi connectivity index (χ2v) is 6.56. The molecular weight excluding hydrogens is 393 g/mol. The largest absolute Gasteiger partial charge is 0.454 e. The summed E-state index contributed by atoms with van der Waals surface area (Å²) in [7, 11) is 0. The van der Waals surface area contributed by atoms with Crippen LogP contribution in [0.25, 0.3) is 16.7 Å². The SMILES string of the molecule is O=C(Cn1cnc2c(cnn2-c2ccc(F)cc2)c1=O)Nc1ccc2c(c1)OCO2. The standard InChI is InChI=1S/C20H14FN5O4/c21-12-1-4-14(5-2-12)26-19-15(8-23-26)20(28)25(10-22-19)9-18(27)24-13-3-6-16-17(7-13)30-11-29-16/h1-8,10H,9,11H2,(H,24,27). The van der Waals surface area contributed by atoms with Crippen molar-refractivity contribution in [2.75, 3.05) is 12.1 Å². The van der Waals surface area contributed by atoms with Crippen LogP contribution in [-0.4, -0.2) is 32.0 Å². The normalized spacial score (nSPS) is 12.3. The minimum Gasteiger partial charge on any atom is -0.454 e. The zero-order valence-electron chi connectivity index (χ0n) is 15.4. The summed E-state index contributed by atoms with van der Waals surface area (Å²) >= 11 is 0. The Morgan fingerprint density at radius 3 is 2.77 bits per heavy atom. The van der Waals surface area contributed by atoms with Gasteiger partial charge in [0.2, 0.25) is 12.7 Å². The number of hydrogen-bond donors (Lipinski definition) is 1. The van der Waals surface area contributed by atoms with E-state index in [-0.39, 0.29) is 24.5 Å². The van der Waals surface area contributed by atoms with E-state index >= 15 is 0 Å². The number of carbonyl (C=O) groups is 1. The van der Waals surface area contributed by atoms with Crippen molar-refractivity contribution in [2.45, 2.75) is 6.54 Å². The van der Waals surface area contributed by atoms with E-state index < -0.39 is 11.5 Å². The summed E-state index contributed by atoms with van der Waals surface area (Å²) in [5.74, 6) is 0.375. The summed E-state index contributed by atoms with van der Waals surface area (Å²) in [6.45, 7) is -0.0860. The first-order valence-electron chi connectivity index (χ1n) is 8.97. The Bertz CT molecular complexity index is 1330. The number of halogens is 1. The number of nitrogens with zero attached hydrogens (tertiary/aromatic N) is 4. The monoisotopic (exact) mass is 407 g/mol. The summed E-state index contributed by atoms with van der Waals surface area (Å²) in [6.07, 6.45) is 2.66. The molecule has 0 fully saturated rings. The number of benzene rings is 2. The predicted octanol–water partition coefficient (Wildman–Crippen LogP) is 2.09. The van der Waals surface area contributed by atoms with Crippen LogP contribution in [0, 0.1) is 5.82 Å². The lowest BCUT2D eigenvalue weighted by atomic mass is 10.2. The molecule has 0 atom stereocenters. The smallest absolute Gasteiger partial charge is 0.264 e. The van der Waals surface area contributed by atoms with Gasteiger partial charge in [-0.3, -0.25) is 14.2 Å². The Labute approximate surface area is 168 Å². The van der Waals surface area contributed by atoms with E-state index in [2.05, 4.69) is 15.4 Å². The molecule has 9 nitrogen and oxygen atoms in total. The summed E-state index contributed by atoms with van der Waals surface area (Å²) in [5.41, 5.74) is 1.00. The highest BCUT2D eigenvalue weighted by Crippen LogP contribution is 2.34. The van der Waals surface area contributed by atoms with Crippen molar-refractivity contribution in [2.24, 2.45) is 0 Å². The molecule has 0 unspecified atom stereocenters. The number of rotatable bonds is 4. The quantitative estimate of drug-likeness (QED) is 0.556. The predicted molar refractivity (Wildman–Crippen MR) is 104 cm³/mol. The molecule has 5 rings (SSSR count). The third kappa shape index (κ3) is 3.13. The number of anilines is 1. The van der Waals surface area contributed by atoms with E-state index in [1.165, 1.54) is 46.0 Å². The number of amides is 1. The van der Waals surface area contributed by atoms with Crippen LogP contribution in [0.1, 0.15) is 0 Å². The maximum Gasteiger partial charge on any atom is 0.264 e. The first kappa shape index (κ1) is 17.9. The van der Waals surface area contributed by atoms with E-state index in [1.54, 1.807) is 18.2 Å². The number of hydrogen-bond acceptors (Lipinski definition) is 6. The Hall–Kier alpha value is -4.21. The van der Waals surface area contributed by atoms with Gasteiger partial charge >= 0.3 is 0 Å². The highest BCUT2D eigenvalue weighted by atomic mass is 19.1. The van der Waals surface area contributed by atoms with Crippen molar-refractivity contribution in [3.05, 3.63) is 71.2 Å². The van der Waals surface area contributed by atoms with Crippen LogP contribution in [-0.2, 0) is 11.3 Å². The van der Waals surface area contributed by atoms with Crippen molar-refractivity contribution < 1.29 is 18.7 Å². The van der Waals surface area contributed by atoms with Crippen LogP contribution in [0.5, 0.6) is 11.5 Å². The van der Waals surface area contributed by atoms with E-state index in [4.69, 9.17) is 9.47 Å². The minimum absolute atomic E-state index is 0.138. The molecule has 0 spiro atoms. The van der Waals surface area contributed by atoms with Gasteiger partial charge in [0, 0.05) is 11.8 Å². The van der Waals surface area contributed by atoms with Gasteiger partial charge in [0.1, 0.15) is 24.1 Å². The minimum atomic E-state index is -0.408. The van der Waals surface area contributed by atoms with Gasteiger partial charge in [-0.2, -0.15) is 5.10 Å². The molecule has 10 heteroatoms. The molecule has 0 saturated carbocycles.